The van der Waals surface area contributed by atoms with E-state index in [1.807, 2.05) is 39.0 Å². The van der Waals surface area contributed by atoms with E-state index in [1.165, 1.54) is 29.2 Å². The molecular weight excluding hydrogens is 481 g/mol. The Balaban J connectivity index is 1.99. The maximum Gasteiger partial charge on any atom is 0.244 e. The Morgan fingerprint density at radius 3 is 2.19 bits per heavy atom. The molecule has 3 aromatic carbocycles. The zero-order chi connectivity index (χ0) is 26.7. The second-order valence-corrected chi connectivity index (χ2v) is 11.7. The highest BCUT2D eigenvalue weighted by Gasteiger charge is 2.31. The fraction of sp³-hybridized carbons (Fsp3) is 0.333. The fourth-order valence-electron chi connectivity index (χ4n) is 3.86. The van der Waals surface area contributed by atoms with Gasteiger partial charge in [-0.3, -0.25) is 13.9 Å². The number of amides is 2. The minimum atomic E-state index is -3.86. The van der Waals surface area contributed by atoms with E-state index in [-0.39, 0.29) is 12.5 Å². The van der Waals surface area contributed by atoms with E-state index >= 15 is 0 Å². The normalized spacial score (nSPS) is 12.7. The molecule has 0 radical (unpaired) electrons. The topological polar surface area (TPSA) is 86.8 Å². The zero-order valence-electron chi connectivity index (χ0n) is 21.2. The average Bonchev–Trinajstić information content (AvgIpc) is 2.79. The largest absolute Gasteiger partial charge is 0.350 e. The van der Waals surface area contributed by atoms with E-state index < -0.39 is 39.9 Å². The summed E-state index contributed by atoms with van der Waals surface area (Å²) in [6.45, 7) is 6.58. The lowest BCUT2D eigenvalue weighted by Crippen LogP contribution is -2.54. The van der Waals surface area contributed by atoms with Gasteiger partial charge in [0.05, 0.1) is 11.9 Å². The van der Waals surface area contributed by atoms with Crippen molar-refractivity contribution in [2.75, 3.05) is 17.1 Å². The standard InChI is InChI=1S/C27H32FN3O4S/c1-19(26(33)29-27(2,3)4)30(17-20-13-15-22(28)16-14-20)25(32)18-31(36(5,34)35)24-12-8-10-21-9-6-7-11-23(21)24/h6-16,19H,17-18H2,1-5H3,(H,29,33)/t19-/m0/s1. The number of carbonyl (C=O) groups is 2. The molecule has 0 aliphatic heterocycles. The number of nitrogens with zero attached hydrogens (tertiary/aromatic N) is 2. The van der Waals surface area contributed by atoms with Crippen molar-refractivity contribution in [3.63, 3.8) is 0 Å². The molecule has 0 spiro atoms. The van der Waals surface area contributed by atoms with Crippen molar-refractivity contribution in [1.29, 1.82) is 0 Å². The Labute approximate surface area is 212 Å². The third-order valence-electron chi connectivity index (χ3n) is 5.65. The van der Waals surface area contributed by atoms with Gasteiger partial charge in [0.2, 0.25) is 21.8 Å². The summed E-state index contributed by atoms with van der Waals surface area (Å²) in [6.07, 6.45) is 1.04. The van der Waals surface area contributed by atoms with Gasteiger partial charge >= 0.3 is 0 Å². The second kappa shape index (κ2) is 10.7. The van der Waals surface area contributed by atoms with Gasteiger partial charge in [-0.2, -0.15) is 0 Å². The van der Waals surface area contributed by atoms with Crippen LogP contribution in [0.25, 0.3) is 10.8 Å². The molecule has 7 nitrogen and oxygen atoms in total. The molecular formula is C27H32FN3O4S. The van der Waals surface area contributed by atoms with Crippen LogP contribution in [0.1, 0.15) is 33.3 Å². The van der Waals surface area contributed by atoms with E-state index in [0.717, 1.165) is 15.9 Å². The van der Waals surface area contributed by atoms with Crippen molar-refractivity contribution in [2.45, 2.75) is 45.8 Å². The number of sulfonamides is 1. The lowest BCUT2D eigenvalue weighted by Gasteiger charge is -2.33. The molecule has 0 bridgehead atoms. The van der Waals surface area contributed by atoms with Gasteiger partial charge in [-0.25, -0.2) is 12.8 Å². The smallest absolute Gasteiger partial charge is 0.244 e. The lowest BCUT2D eigenvalue weighted by atomic mass is 10.1. The van der Waals surface area contributed by atoms with Gasteiger partial charge in [-0.1, -0.05) is 48.5 Å². The van der Waals surface area contributed by atoms with Crippen LogP contribution in [-0.2, 0) is 26.2 Å². The van der Waals surface area contributed by atoms with Crippen molar-refractivity contribution >= 4 is 38.3 Å². The van der Waals surface area contributed by atoms with Crippen LogP contribution in [0, 0.1) is 5.82 Å². The Morgan fingerprint density at radius 2 is 1.58 bits per heavy atom. The number of nitrogens with one attached hydrogen (secondary N) is 1. The van der Waals surface area contributed by atoms with Gasteiger partial charge in [-0.05, 0) is 56.8 Å². The van der Waals surface area contributed by atoms with Gasteiger partial charge in [0.25, 0.3) is 0 Å². The molecule has 1 N–H and O–H groups in total. The first kappa shape index (κ1) is 27.1. The Kier molecular flexibility index (Phi) is 8.03. The van der Waals surface area contributed by atoms with E-state index in [1.54, 1.807) is 31.2 Å². The second-order valence-electron chi connectivity index (χ2n) is 9.83. The Morgan fingerprint density at radius 1 is 0.972 bits per heavy atom. The van der Waals surface area contributed by atoms with Gasteiger partial charge in [0.15, 0.2) is 0 Å². The Bertz CT molecular complexity index is 1350. The lowest BCUT2D eigenvalue weighted by molar-refractivity contribution is -0.140. The molecule has 0 aliphatic rings. The summed E-state index contributed by atoms with van der Waals surface area (Å²) >= 11 is 0. The first-order valence-corrected chi connectivity index (χ1v) is 13.4. The van der Waals surface area contributed by atoms with Crippen molar-refractivity contribution in [2.24, 2.45) is 0 Å². The van der Waals surface area contributed by atoms with Gasteiger partial charge in [-0.15, -0.1) is 0 Å². The van der Waals surface area contributed by atoms with Crippen molar-refractivity contribution in [3.05, 3.63) is 78.1 Å². The first-order chi connectivity index (χ1) is 16.8. The van der Waals surface area contributed by atoms with Crippen LogP contribution in [0.4, 0.5) is 10.1 Å². The predicted molar refractivity (Wildman–Crippen MR) is 140 cm³/mol. The summed E-state index contributed by atoms with van der Waals surface area (Å²) in [5.41, 5.74) is 0.450. The van der Waals surface area contributed by atoms with Crippen LogP contribution >= 0.6 is 0 Å². The molecule has 2 amide bonds. The zero-order valence-corrected chi connectivity index (χ0v) is 22.0. The summed E-state index contributed by atoms with van der Waals surface area (Å²) in [5.74, 6) is -1.36. The molecule has 0 saturated carbocycles. The number of benzene rings is 3. The summed E-state index contributed by atoms with van der Waals surface area (Å²) in [6, 6.07) is 17.3. The third-order valence-corrected chi connectivity index (χ3v) is 6.77. The van der Waals surface area contributed by atoms with E-state index in [2.05, 4.69) is 5.32 Å². The van der Waals surface area contributed by atoms with E-state index in [0.29, 0.717) is 16.6 Å². The van der Waals surface area contributed by atoms with Gasteiger partial charge in [0, 0.05) is 17.5 Å². The molecule has 0 aliphatic carbocycles. The predicted octanol–water partition coefficient (Wildman–Crippen LogP) is 4.08. The van der Waals surface area contributed by atoms with Crippen LogP contribution in [-0.4, -0.2) is 49.5 Å². The molecule has 0 saturated heterocycles. The molecule has 192 valence electrons. The third kappa shape index (κ3) is 6.81. The maximum atomic E-state index is 13.7. The van der Waals surface area contributed by atoms with E-state index in [4.69, 9.17) is 0 Å². The quantitative estimate of drug-likeness (QED) is 0.492. The average molecular weight is 514 g/mol. The van der Waals surface area contributed by atoms with Crippen LogP contribution in [0.15, 0.2) is 66.7 Å². The molecule has 9 heteroatoms. The molecule has 36 heavy (non-hydrogen) atoms. The van der Waals surface area contributed by atoms with Crippen LogP contribution in [0.2, 0.25) is 0 Å². The molecule has 0 fully saturated rings. The number of halogens is 1. The van der Waals surface area contributed by atoms with Crippen LogP contribution < -0.4 is 9.62 Å². The van der Waals surface area contributed by atoms with Crippen LogP contribution in [0.5, 0.6) is 0 Å². The summed E-state index contributed by atoms with van der Waals surface area (Å²) < 4.78 is 40.2. The van der Waals surface area contributed by atoms with Crippen LogP contribution in [0.3, 0.4) is 0 Å². The molecule has 0 aromatic heterocycles. The summed E-state index contributed by atoms with van der Waals surface area (Å²) in [5, 5.41) is 4.38. The number of anilines is 1. The summed E-state index contributed by atoms with van der Waals surface area (Å²) in [4.78, 5) is 28.0. The van der Waals surface area contributed by atoms with Crippen molar-refractivity contribution in [3.8, 4) is 0 Å². The molecule has 3 aromatic rings. The van der Waals surface area contributed by atoms with E-state index in [9.17, 15) is 22.4 Å². The highest BCUT2D eigenvalue weighted by Crippen LogP contribution is 2.28. The number of hydrogen-bond donors (Lipinski definition) is 1. The maximum absolute atomic E-state index is 13.7. The number of hydrogen-bond acceptors (Lipinski definition) is 4. The van der Waals surface area contributed by atoms with Crippen molar-refractivity contribution in [1.82, 2.24) is 10.2 Å². The summed E-state index contributed by atoms with van der Waals surface area (Å²) in [7, 11) is -3.86. The number of fused-ring (bicyclic) bond motifs is 1. The highest BCUT2D eigenvalue weighted by molar-refractivity contribution is 7.92. The monoisotopic (exact) mass is 513 g/mol. The molecule has 0 heterocycles. The van der Waals surface area contributed by atoms with Gasteiger partial charge < -0.3 is 10.2 Å². The minimum Gasteiger partial charge on any atom is -0.350 e. The fourth-order valence-corrected chi connectivity index (χ4v) is 4.73. The SMILES string of the molecule is C[C@@H](C(=O)NC(C)(C)C)N(Cc1ccc(F)cc1)C(=O)CN(c1cccc2ccccc12)S(C)(=O)=O. The Hall–Kier alpha value is -3.46. The number of rotatable bonds is 8. The molecule has 1 atom stereocenters. The first-order valence-electron chi connectivity index (χ1n) is 11.6. The molecule has 0 unspecified atom stereocenters. The van der Waals surface area contributed by atoms with Gasteiger partial charge in [0.1, 0.15) is 18.4 Å². The molecule has 3 rings (SSSR count). The van der Waals surface area contributed by atoms with Crippen molar-refractivity contribution < 1.29 is 22.4 Å². The highest BCUT2D eigenvalue weighted by atomic mass is 32.2. The minimum absolute atomic E-state index is 0.00494. The number of carbonyl (C=O) groups excluding carboxylic acids is 2.